The van der Waals surface area contributed by atoms with Gasteiger partial charge in [-0.2, -0.15) is 0 Å². The van der Waals surface area contributed by atoms with Crippen molar-refractivity contribution in [1.29, 1.82) is 0 Å². The predicted octanol–water partition coefficient (Wildman–Crippen LogP) is 3.85. The Kier molecular flexibility index (Phi) is 3.15. The first-order valence-corrected chi connectivity index (χ1v) is 5.67. The third-order valence-corrected chi connectivity index (χ3v) is 2.99. The van der Waals surface area contributed by atoms with Crippen molar-refractivity contribution in [3.8, 4) is 0 Å². The molecule has 0 aromatic heterocycles. The quantitative estimate of drug-likeness (QED) is 0.696. The molecule has 0 N–H and O–H groups in total. The lowest BCUT2D eigenvalue weighted by Crippen LogP contribution is -2.41. The van der Waals surface area contributed by atoms with Crippen LogP contribution in [-0.4, -0.2) is 11.5 Å². The maximum atomic E-state index is 14.7. The second-order valence-corrected chi connectivity index (χ2v) is 6.46. The van der Waals surface area contributed by atoms with E-state index in [0.717, 1.165) is 6.42 Å². The molecule has 0 fully saturated rings. The van der Waals surface area contributed by atoms with Gasteiger partial charge in [0.15, 0.2) is 11.5 Å². The van der Waals surface area contributed by atoms with E-state index in [1.807, 2.05) is 13.8 Å². The number of halogens is 1. The molecule has 0 spiro atoms. The molecule has 2 heteroatoms. The van der Waals surface area contributed by atoms with Gasteiger partial charge in [0.1, 0.15) is 0 Å². The first-order valence-electron chi connectivity index (χ1n) is 5.67. The molecule has 0 saturated carbocycles. The number of carbonyl (C=O) groups excluding carboxylic acids is 1. The molecule has 0 radical (unpaired) electrons. The van der Waals surface area contributed by atoms with Gasteiger partial charge >= 0.3 is 0 Å². The Balaban J connectivity index is 2.95. The topological polar surface area (TPSA) is 17.1 Å². The first-order chi connectivity index (χ1) is 7.06. The molecule has 1 aliphatic carbocycles. The van der Waals surface area contributed by atoms with E-state index in [1.165, 1.54) is 24.3 Å². The van der Waals surface area contributed by atoms with Gasteiger partial charge in [-0.15, -0.1) is 0 Å². The summed E-state index contributed by atoms with van der Waals surface area (Å²) in [5.74, 6) is -0.139. The lowest BCUT2D eigenvalue weighted by atomic mass is 9.66. The van der Waals surface area contributed by atoms with Crippen molar-refractivity contribution in [3.63, 3.8) is 0 Å². The van der Waals surface area contributed by atoms with Gasteiger partial charge in [-0.05, 0) is 36.1 Å². The molecule has 0 aliphatic heterocycles. The van der Waals surface area contributed by atoms with E-state index < -0.39 is 11.1 Å². The predicted molar refractivity (Wildman–Crippen MR) is 65.0 cm³/mol. The minimum absolute atomic E-state index is 0.0612. The van der Waals surface area contributed by atoms with Gasteiger partial charge in [-0.3, -0.25) is 4.79 Å². The van der Waals surface area contributed by atoms with E-state index >= 15 is 0 Å². The molecule has 0 heterocycles. The number of carbonyl (C=O) groups is 1. The zero-order valence-electron chi connectivity index (χ0n) is 10.8. The van der Waals surface area contributed by atoms with E-state index in [9.17, 15) is 9.18 Å². The van der Waals surface area contributed by atoms with Crippen molar-refractivity contribution >= 4 is 5.78 Å². The summed E-state index contributed by atoms with van der Waals surface area (Å²) in [7, 11) is 0. The fourth-order valence-electron chi connectivity index (χ4n) is 2.43. The number of allylic oxidation sites excluding steroid dienone is 4. The number of rotatable bonds is 2. The van der Waals surface area contributed by atoms with Crippen LogP contribution in [0.4, 0.5) is 4.39 Å². The molecule has 1 aliphatic rings. The second kappa shape index (κ2) is 3.83. The molecule has 90 valence electrons. The van der Waals surface area contributed by atoms with Crippen LogP contribution in [0.15, 0.2) is 24.3 Å². The largest absolute Gasteiger partial charge is 0.290 e. The van der Waals surface area contributed by atoms with Crippen molar-refractivity contribution in [2.24, 2.45) is 10.8 Å². The lowest BCUT2D eigenvalue weighted by Gasteiger charge is -2.41. The van der Waals surface area contributed by atoms with Crippen molar-refractivity contribution in [2.45, 2.75) is 46.7 Å². The number of hydrogen-bond donors (Lipinski definition) is 0. The van der Waals surface area contributed by atoms with Crippen LogP contribution in [0.3, 0.4) is 0 Å². The lowest BCUT2D eigenvalue weighted by molar-refractivity contribution is -0.110. The Morgan fingerprint density at radius 1 is 1.12 bits per heavy atom. The van der Waals surface area contributed by atoms with E-state index in [1.54, 1.807) is 0 Å². The summed E-state index contributed by atoms with van der Waals surface area (Å²) in [5, 5.41) is 0. The van der Waals surface area contributed by atoms with Crippen LogP contribution < -0.4 is 0 Å². The van der Waals surface area contributed by atoms with Gasteiger partial charge in [-0.25, -0.2) is 4.39 Å². The average Bonchev–Trinajstić information content (AvgIpc) is 2.06. The molecule has 0 bridgehead atoms. The molecule has 1 rings (SSSR count). The SMILES string of the molecule is CC(C)(C)CC(C)(C)C1(F)C=CC(=O)C=C1. The summed E-state index contributed by atoms with van der Waals surface area (Å²) in [6.45, 7) is 10.1. The highest BCUT2D eigenvalue weighted by Crippen LogP contribution is 2.46. The van der Waals surface area contributed by atoms with Gasteiger partial charge < -0.3 is 0 Å². The highest BCUT2D eigenvalue weighted by molar-refractivity contribution is 6.00. The number of alkyl halides is 1. The summed E-state index contributed by atoms with van der Waals surface area (Å²) in [5.41, 5.74) is -1.97. The van der Waals surface area contributed by atoms with Crippen LogP contribution in [0.1, 0.15) is 41.0 Å². The van der Waals surface area contributed by atoms with Crippen molar-refractivity contribution in [3.05, 3.63) is 24.3 Å². The van der Waals surface area contributed by atoms with Gasteiger partial charge in [0.25, 0.3) is 0 Å². The second-order valence-electron chi connectivity index (χ2n) is 6.46. The molecule has 0 amide bonds. The van der Waals surface area contributed by atoms with Crippen molar-refractivity contribution in [1.82, 2.24) is 0 Å². The van der Waals surface area contributed by atoms with E-state index in [2.05, 4.69) is 20.8 Å². The van der Waals surface area contributed by atoms with Gasteiger partial charge in [-0.1, -0.05) is 34.6 Å². The normalized spacial score (nSPS) is 20.2. The van der Waals surface area contributed by atoms with Crippen LogP contribution in [0, 0.1) is 10.8 Å². The Bertz CT molecular complexity index is 326. The van der Waals surface area contributed by atoms with Crippen LogP contribution in [-0.2, 0) is 4.79 Å². The molecule has 0 saturated heterocycles. The molecule has 0 unspecified atom stereocenters. The van der Waals surface area contributed by atoms with Crippen LogP contribution in [0.2, 0.25) is 0 Å². The summed E-state index contributed by atoms with van der Waals surface area (Å²) in [4.78, 5) is 11.0. The number of hydrogen-bond acceptors (Lipinski definition) is 1. The standard InChI is InChI=1S/C14H21FO/c1-12(2,3)10-13(4,5)14(15)8-6-11(16)7-9-14/h6-9H,10H2,1-5H3. The minimum Gasteiger partial charge on any atom is -0.290 e. The van der Waals surface area contributed by atoms with E-state index in [-0.39, 0.29) is 11.2 Å². The molecule has 0 atom stereocenters. The molecule has 1 nitrogen and oxygen atoms in total. The highest BCUT2D eigenvalue weighted by atomic mass is 19.1. The maximum Gasteiger partial charge on any atom is 0.178 e. The molecule has 0 aromatic rings. The minimum atomic E-state index is -1.52. The van der Waals surface area contributed by atoms with E-state index in [4.69, 9.17) is 0 Å². The molecule has 16 heavy (non-hydrogen) atoms. The Labute approximate surface area is 97.4 Å². The van der Waals surface area contributed by atoms with Gasteiger partial charge in [0.05, 0.1) is 0 Å². The third kappa shape index (κ3) is 2.81. The first kappa shape index (κ1) is 13.1. The van der Waals surface area contributed by atoms with E-state index in [0.29, 0.717) is 0 Å². The highest BCUT2D eigenvalue weighted by Gasteiger charge is 2.44. The van der Waals surface area contributed by atoms with Crippen LogP contribution in [0.5, 0.6) is 0 Å². The Morgan fingerprint density at radius 2 is 1.56 bits per heavy atom. The summed E-state index contributed by atoms with van der Waals surface area (Å²) >= 11 is 0. The average molecular weight is 224 g/mol. The third-order valence-electron chi connectivity index (χ3n) is 2.99. The molecular formula is C14H21FO. The Morgan fingerprint density at radius 3 is 1.94 bits per heavy atom. The molecular weight excluding hydrogens is 203 g/mol. The zero-order chi connectivity index (χ0) is 12.6. The van der Waals surface area contributed by atoms with Gasteiger partial charge in [0.2, 0.25) is 0 Å². The summed E-state index contributed by atoms with van der Waals surface area (Å²) in [6, 6.07) is 0. The number of ketones is 1. The Hall–Kier alpha value is -0.920. The fraction of sp³-hybridized carbons (Fsp3) is 0.643. The summed E-state index contributed by atoms with van der Waals surface area (Å²) in [6.07, 6.45) is 6.18. The van der Waals surface area contributed by atoms with Crippen LogP contribution in [0.25, 0.3) is 0 Å². The monoisotopic (exact) mass is 224 g/mol. The maximum absolute atomic E-state index is 14.7. The fourth-order valence-corrected chi connectivity index (χ4v) is 2.43. The smallest absolute Gasteiger partial charge is 0.178 e. The van der Waals surface area contributed by atoms with Crippen molar-refractivity contribution < 1.29 is 9.18 Å². The van der Waals surface area contributed by atoms with Crippen LogP contribution >= 0.6 is 0 Å². The summed E-state index contributed by atoms with van der Waals surface area (Å²) < 4.78 is 14.7. The zero-order valence-corrected chi connectivity index (χ0v) is 10.8. The van der Waals surface area contributed by atoms with Crippen molar-refractivity contribution in [2.75, 3.05) is 0 Å². The van der Waals surface area contributed by atoms with Gasteiger partial charge in [0, 0.05) is 5.41 Å². The molecule has 0 aromatic carbocycles.